The summed E-state index contributed by atoms with van der Waals surface area (Å²) in [4.78, 5) is 29.8. The number of hydrogen-bond donors (Lipinski definition) is 1. The fraction of sp³-hybridized carbons (Fsp3) is 0.222. The number of nitrogens with one attached hydrogen (secondary N) is 1. The summed E-state index contributed by atoms with van der Waals surface area (Å²) in [5.74, 6) is 0.537. The van der Waals surface area contributed by atoms with Gasteiger partial charge in [0.15, 0.2) is 4.87 Å². The van der Waals surface area contributed by atoms with Crippen molar-refractivity contribution in [3.8, 4) is 6.07 Å². The molecule has 0 radical (unpaired) electrons. The number of benzene rings is 3. The first-order chi connectivity index (χ1) is 16.4. The lowest BCUT2D eigenvalue weighted by Crippen LogP contribution is -2.51. The van der Waals surface area contributed by atoms with Crippen LogP contribution in [0, 0.1) is 25.2 Å². The van der Waals surface area contributed by atoms with Crippen LogP contribution in [0.5, 0.6) is 0 Å². The molecule has 0 bridgehead atoms. The second-order valence-corrected chi connectivity index (χ2v) is 9.95. The van der Waals surface area contributed by atoms with Crippen LogP contribution in [-0.2, 0) is 16.2 Å². The molecule has 1 saturated heterocycles. The Kier molecular flexibility index (Phi) is 5.54. The summed E-state index contributed by atoms with van der Waals surface area (Å²) < 4.78 is 0. The first-order valence-corrected chi connectivity index (χ1v) is 12.1. The summed E-state index contributed by atoms with van der Waals surface area (Å²) in [6.07, 6.45) is 0. The Balaban J connectivity index is 1.53. The second-order valence-electron chi connectivity index (χ2n) is 8.66. The molecule has 3 amide bonds. The lowest BCUT2D eigenvalue weighted by Gasteiger charge is -2.33. The van der Waals surface area contributed by atoms with Crippen molar-refractivity contribution in [3.63, 3.8) is 0 Å². The van der Waals surface area contributed by atoms with Crippen molar-refractivity contribution in [2.45, 2.75) is 25.3 Å². The molecule has 2 heterocycles. The second kappa shape index (κ2) is 8.54. The van der Waals surface area contributed by atoms with E-state index >= 15 is 0 Å². The van der Waals surface area contributed by atoms with Crippen LogP contribution in [0.1, 0.15) is 27.8 Å². The van der Waals surface area contributed by atoms with Gasteiger partial charge >= 0.3 is 6.03 Å². The maximum absolute atomic E-state index is 14.1. The molecule has 3 aromatic rings. The first kappa shape index (κ1) is 22.1. The van der Waals surface area contributed by atoms with Gasteiger partial charge in [-0.2, -0.15) is 5.26 Å². The average molecular weight is 469 g/mol. The van der Waals surface area contributed by atoms with Crippen LogP contribution in [0.15, 0.2) is 66.7 Å². The molecule has 0 unspecified atom stereocenters. The molecule has 6 nitrogen and oxygen atoms in total. The SMILES string of the molecule is Cc1ccc(NC(=O)N2CCS[C@@]23C(=O)N(Cc2cccc(C#N)c2)c2ccc(C)cc23)cc1. The standard InChI is InChI=1S/C27H24N4O2S/c1-18-6-9-22(10-7-18)29-26(33)31-12-13-34-27(31)23-14-19(2)8-11-24(23)30(25(27)32)17-21-5-3-4-20(15-21)16-28/h3-11,14-15H,12-13,17H2,1-2H3,(H,29,33)/t27-/m0/s1. The number of amides is 3. The highest BCUT2D eigenvalue weighted by atomic mass is 32.2. The number of fused-ring (bicyclic) bond motifs is 2. The van der Waals surface area contributed by atoms with Crippen molar-refractivity contribution in [3.05, 3.63) is 94.5 Å². The number of carbonyl (C=O) groups excluding carboxylic acids is 2. The monoisotopic (exact) mass is 468 g/mol. The van der Waals surface area contributed by atoms with Crippen LogP contribution >= 0.6 is 11.8 Å². The van der Waals surface area contributed by atoms with Gasteiger partial charge in [-0.1, -0.05) is 47.5 Å². The molecule has 3 aromatic carbocycles. The Labute approximate surface area is 203 Å². The Morgan fingerprint density at radius 2 is 1.85 bits per heavy atom. The molecule has 1 atom stereocenters. The molecule has 1 fully saturated rings. The fourth-order valence-electron chi connectivity index (χ4n) is 4.64. The van der Waals surface area contributed by atoms with Crippen LogP contribution in [0.3, 0.4) is 0 Å². The molecule has 1 N–H and O–H groups in total. The molecular weight excluding hydrogens is 444 g/mol. The van der Waals surface area contributed by atoms with Gasteiger partial charge in [-0.15, -0.1) is 11.8 Å². The number of anilines is 2. The highest BCUT2D eigenvalue weighted by Gasteiger charge is 2.59. The number of hydrogen-bond acceptors (Lipinski definition) is 4. The van der Waals surface area contributed by atoms with E-state index in [4.69, 9.17) is 0 Å². The number of aryl methyl sites for hydroxylation is 2. The van der Waals surface area contributed by atoms with Gasteiger partial charge in [0, 0.05) is 23.5 Å². The Bertz CT molecular complexity index is 1330. The van der Waals surface area contributed by atoms with Crippen LogP contribution in [0.25, 0.3) is 0 Å². The molecule has 2 aliphatic rings. The van der Waals surface area contributed by atoms with Crippen LogP contribution < -0.4 is 10.2 Å². The highest BCUT2D eigenvalue weighted by molar-refractivity contribution is 8.01. The summed E-state index contributed by atoms with van der Waals surface area (Å²) in [5.41, 5.74) is 5.91. The largest absolute Gasteiger partial charge is 0.323 e. The lowest BCUT2D eigenvalue weighted by atomic mass is 10.0. The van der Waals surface area contributed by atoms with Gasteiger partial charge < -0.3 is 10.2 Å². The van der Waals surface area contributed by atoms with Gasteiger partial charge in [-0.3, -0.25) is 9.69 Å². The van der Waals surface area contributed by atoms with E-state index in [2.05, 4.69) is 11.4 Å². The smallest absolute Gasteiger partial charge is 0.308 e. The van der Waals surface area contributed by atoms with E-state index in [9.17, 15) is 14.9 Å². The third kappa shape index (κ3) is 3.61. The number of urea groups is 1. The maximum Gasteiger partial charge on any atom is 0.323 e. The zero-order chi connectivity index (χ0) is 23.9. The lowest BCUT2D eigenvalue weighted by molar-refractivity contribution is -0.123. The Hall–Kier alpha value is -3.76. The molecule has 1 spiro atoms. The van der Waals surface area contributed by atoms with Gasteiger partial charge in [-0.25, -0.2) is 4.79 Å². The Morgan fingerprint density at radius 1 is 1.09 bits per heavy atom. The number of nitrogens with zero attached hydrogens (tertiary/aromatic N) is 3. The number of carbonyl (C=O) groups is 2. The van der Waals surface area contributed by atoms with E-state index in [1.165, 1.54) is 11.8 Å². The van der Waals surface area contributed by atoms with Gasteiger partial charge in [-0.05, 0) is 49.7 Å². The summed E-state index contributed by atoms with van der Waals surface area (Å²) in [6, 6.07) is 22.7. The summed E-state index contributed by atoms with van der Waals surface area (Å²) in [6.45, 7) is 4.79. The van der Waals surface area contributed by atoms with E-state index in [1.54, 1.807) is 21.9 Å². The molecule has 34 heavy (non-hydrogen) atoms. The van der Waals surface area contributed by atoms with Crippen molar-refractivity contribution in [1.82, 2.24) is 4.90 Å². The first-order valence-electron chi connectivity index (χ1n) is 11.1. The van der Waals surface area contributed by atoms with Gasteiger partial charge in [0.25, 0.3) is 5.91 Å². The topological polar surface area (TPSA) is 76.4 Å². The van der Waals surface area contributed by atoms with Crippen molar-refractivity contribution in [2.24, 2.45) is 0 Å². The molecule has 0 aliphatic carbocycles. The van der Waals surface area contributed by atoms with Crippen molar-refractivity contribution in [2.75, 3.05) is 22.5 Å². The molecule has 0 aromatic heterocycles. The third-order valence-electron chi connectivity index (χ3n) is 6.29. The zero-order valence-electron chi connectivity index (χ0n) is 19.0. The Morgan fingerprint density at radius 3 is 2.62 bits per heavy atom. The molecule has 7 heteroatoms. The molecule has 2 aliphatic heterocycles. The molecule has 0 saturated carbocycles. The minimum absolute atomic E-state index is 0.128. The number of rotatable bonds is 3. The van der Waals surface area contributed by atoms with E-state index in [0.717, 1.165) is 27.9 Å². The van der Waals surface area contributed by atoms with Crippen molar-refractivity contribution >= 4 is 35.1 Å². The van der Waals surface area contributed by atoms with Crippen molar-refractivity contribution in [1.29, 1.82) is 5.26 Å². The molecule has 170 valence electrons. The van der Waals surface area contributed by atoms with Crippen LogP contribution in [0.4, 0.5) is 16.2 Å². The summed E-state index contributed by atoms with van der Waals surface area (Å²) >= 11 is 1.50. The van der Waals surface area contributed by atoms with E-state index in [0.29, 0.717) is 30.1 Å². The maximum atomic E-state index is 14.1. The summed E-state index contributed by atoms with van der Waals surface area (Å²) in [5, 5.41) is 12.3. The average Bonchev–Trinajstić information content (AvgIpc) is 3.38. The number of thioether (sulfide) groups is 1. The van der Waals surface area contributed by atoms with Gasteiger partial charge in [0.1, 0.15) is 0 Å². The number of nitriles is 1. The normalized spacial score (nSPS) is 18.8. The minimum Gasteiger partial charge on any atom is -0.308 e. The van der Waals surface area contributed by atoms with Gasteiger partial charge in [0.05, 0.1) is 23.9 Å². The van der Waals surface area contributed by atoms with E-state index in [-0.39, 0.29) is 11.9 Å². The highest BCUT2D eigenvalue weighted by Crippen LogP contribution is 2.54. The predicted molar refractivity (Wildman–Crippen MR) is 135 cm³/mol. The zero-order valence-corrected chi connectivity index (χ0v) is 19.9. The quantitative estimate of drug-likeness (QED) is 0.576. The van der Waals surface area contributed by atoms with Crippen molar-refractivity contribution < 1.29 is 9.59 Å². The fourth-order valence-corrected chi connectivity index (χ4v) is 6.09. The van der Waals surface area contributed by atoms with E-state index in [1.807, 2.05) is 68.4 Å². The third-order valence-corrected chi connectivity index (χ3v) is 7.71. The molecular formula is C27H24N4O2S. The predicted octanol–water partition coefficient (Wildman–Crippen LogP) is 5.16. The van der Waals surface area contributed by atoms with Gasteiger partial charge in [0.2, 0.25) is 0 Å². The van der Waals surface area contributed by atoms with Crippen LogP contribution in [0.2, 0.25) is 0 Å². The van der Waals surface area contributed by atoms with E-state index < -0.39 is 4.87 Å². The molecule has 5 rings (SSSR count). The minimum atomic E-state index is -1.11. The van der Waals surface area contributed by atoms with Crippen LogP contribution in [-0.4, -0.2) is 29.1 Å². The summed E-state index contributed by atoms with van der Waals surface area (Å²) in [7, 11) is 0.